The van der Waals surface area contributed by atoms with Crippen molar-refractivity contribution in [2.45, 2.75) is 31.7 Å². The Balaban J connectivity index is 1.43. The largest absolute Gasteiger partial charge is 0.472 e. The third-order valence-electron chi connectivity index (χ3n) is 4.18. The lowest BCUT2D eigenvalue weighted by Gasteiger charge is -2.21. The van der Waals surface area contributed by atoms with Crippen molar-refractivity contribution in [3.8, 4) is 0 Å². The number of amides is 2. The van der Waals surface area contributed by atoms with E-state index in [2.05, 4.69) is 5.32 Å². The first-order valence-electron chi connectivity index (χ1n) is 8.38. The van der Waals surface area contributed by atoms with Gasteiger partial charge in [0.15, 0.2) is 0 Å². The van der Waals surface area contributed by atoms with Crippen molar-refractivity contribution in [3.63, 3.8) is 0 Å². The van der Waals surface area contributed by atoms with E-state index in [4.69, 9.17) is 4.42 Å². The van der Waals surface area contributed by atoms with Crippen LogP contribution in [0.3, 0.4) is 0 Å². The van der Waals surface area contributed by atoms with Crippen LogP contribution in [0.1, 0.15) is 35.2 Å². The number of carbonyl (C=O) groups excluding carboxylic acids is 2. The molecule has 0 spiro atoms. The Labute approximate surface area is 141 Å². The van der Waals surface area contributed by atoms with Gasteiger partial charge in [0, 0.05) is 25.6 Å². The Hall–Kier alpha value is -2.56. The fourth-order valence-corrected chi connectivity index (χ4v) is 2.69. The second kappa shape index (κ2) is 7.81. The van der Waals surface area contributed by atoms with Gasteiger partial charge >= 0.3 is 0 Å². The van der Waals surface area contributed by atoms with Crippen molar-refractivity contribution in [3.05, 3.63) is 60.1 Å². The fourth-order valence-electron chi connectivity index (χ4n) is 2.69. The van der Waals surface area contributed by atoms with E-state index in [1.54, 1.807) is 11.0 Å². The van der Waals surface area contributed by atoms with E-state index < -0.39 is 0 Å². The summed E-state index contributed by atoms with van der Waals surface area (Å²) < 4.78 is 4.98. The average molecular weight is 326 g/mol. The minimum absolute atomic E-state index is 0.0171. The van der Waals surface area contributed by atoms with Gasteiger partial charge in [-0.15, -0.1) is 0 Å². The summed E-state index contributed by atoms with van der Waals surface area (Å²) in [7, 11) is 0. The van der Waals surface area contributed by atoms with E-state index in [-0.39, 0.29) is 17.9 Å². The van der Waals surface area contributed by atoms with E-state index in [9.17, 15) is 9.59 Å². The van der Waals surface area contributed by atoms with Gasteiger partial charge in [-0.1, -0.05) is 30.3 Å². The Morgan fingerprint density at radius 1 is 1.17 bits per heavy atom. The predicted octanol–water partition coefficient (Wildman–Crippen LogP) is 2.63. The molecule has 1 aliphatic carbocycles. The Kier molecular flexibility index (Phi) is 5.31. The highest BCUT2D eigenvalue weighted by Crippen LogP contribution is 2.28. The van der Waals surface area contributed by atoms with Crippen LogP contribution < -0.4 is 5.32 Å². The van der Waals surface area contributed by atoms with Crippen LogP contribution in [0.5, 0.6) is 0 Å². The number of hydrogen-bond donors (Lipinski definition) is 1. The SMILES string of the molecule is O=C(CCN(C(=O)c1ccoc1)C1CC1)NCCc1ccccc1. The molecule has 3 rings (SSSR count). The molecule has 0 unspecified atom stereocenters. The van der Waals surface area contributed by atoms with Gasteiger partial charge in [-0.25, -0.2) is 0 Å². The molecule has 126 valence electrons. The van der Waals surface area contributed by atoms with Crippen molar-refractivity contribution in [1.29, 1.82) is 0 Å². The molecule has 0 atom stereocenters. The quantitative estimate of drug-likeness (QED) is 0.811. The lowest BCUT2D eigenvalue weighted by molar-refractivity contribution is -0.121. The molecule has 0 radical (unpaired) electrons. The molecule has 5 heteroatoms. The fraction of sp³-hybridized carbons (Fsp3) is 0.368. The Bertz CT molecular complexity index is 663. The molecule has 0 aliphatic heterocycles. The van der Waals surface area contributed by atoms with E-state index in [0.717, 1.165) is 19.3 Å². The highest BCUT2D eigenvalue weighted by molar-refractivity contribution is 5.94. The third-order valence-corrected chi connectivity index (χ3v) is 4.18. The van der Waals surface area contributed by atoms with Crippen LogP contribution in [0.2, 0.25) is 0 Å². The minimum atomic E-state index is -0.0525. The Morgan fingerprint density at radius 3 is 2.62 bits per heavy atom. The molecule has 1 aliphatic rings. The number of rotatable bonds is 8. The van der Waals surface area contributed by atoms with Gasteiger partial charge in [-0.05, 0) is 30.9 Å². The molecule has 1 fully saturated rings. The number of benzene rings is 1. The topological polar surface area (TPSA) is 62.6 Å². The van der Waals surface area contributed by atoms with Crippen LogP contribution in [0.15, 0.2) is 53.3 Å². The number of nitrogens with zero attached hydrogens (tertiary/aromatic N) is 1. The molecule has 1 N–H and O–H groups in total. The molecule has 24 heavy (non-hydrogen) atoms. The van der Waals surface area contributed by atoms with Crippen molar-refractivity contribution < 1.29 is 14.0 Å². The first-order chi connectivity index (χ1) is 11.7. The number of furan rings is 1. The maximum absolute atomic E-state index is 12.4. The monoisotopic (exact) mass is 326 g/mol. The van der Waals surface area contributed by atoms with Crippen molar-refractivity contribution in [1.82, 2.24) is 10.2 Å². The predicted molar refractivity (Wildman–Crippen MR) is 90.5 cm³/mol. The van der Waals surface area contributed by atoms with Gasteiger partial charge in [0.25, 0.3) is 5.91 Å². The summed E-state index contributed by atoms with van der Waals surface area (Å²) in [6, 6.07) is 12.0. The van der Waals surface area contributed by atoms with Gasteiger partial charge in [0.2, 0.25) is 5.91 Å². The highest BCUT2D eigenvalue weighted by Gasteiger charge is 2.33. The molecule has 0 bridgehead atoms. The zero-order valence-corrected chi connectivity index (χ0v) is 13.6. The molecular formula is C19H22N2O3. The molecule has 2 amide bonds. The van der Waals surface area contributed by atoms with E-state index in [1.165, 1.54) is 18.1 Å². The zero-order valence-electron chi connectivity index (χ0n) is 13.6. The van der Waals surface area contributed by atoms with Crippen LogP contribution >= 0.6 is 0 Å². The van der Waals surface area contributed by atoms with E-state index in [0.29, 0.717) is 25.1 Å². The second-order valence-electron chi connectivity index (χ2n) is 6.08. The minimum Gasteiger partial charge on any atom is -0.472 e. The summed E-state index contributed by atoms with van der Waals surface area (Å²) in [5.41, 5.74) is 1.75. The van der Waals surface area contributed by atoms with Gasteiger partial charge in [0.1, 0.15) is 6.26 Å². The lowest BCUT2D eigenvalue weighted by atomic mass is 10.1. The summed E-state index contributed by atoms with van der Waals surface area (Å²) >= 11 is 0. The maximum Gasteiger partial charge on any atom is 0.257 e. The van der Waals surface area contributed by atoms with Gasteiger partial charge in [-0.2, -0.15) is 0 Å². The van der Waals surface area contributed by atoms with Gasteiger partial charge in [0.05, 0.1) is 11.8 Å². The Morgan fingerprint density at radius 2 is 1.96 bits per heavy atom. The van der Waals surface area contributed by atoms with Crippen molar-refractivity contribution in [2.24, 2.45) is 0 Å². The molecule has 1 heterocycles. The molecule has 5 nitrogen and oxygen atoms in total. The highest BCUT2D eigenvalue weighted by atomic mass is 16.3. The first kappa shape index (κ1) is 16.3. The summed E-state index contributed by atoms with van der Waals surface area (Å²) in [5.74, 6) is -0.0695. The summed E-state index contributed by atoms with van der Waals surface area (Å²) in [6.45, 7) is 1.06. The molecular weight excluding hydrogens is 304 g/mol. The summed E-state index contributed by atoms with van der Waals surface area (Å²) in [5, 5.41) is 2.92. The second-order valence-corrected chi connectivity index (χ2v) is 6.08. The summed E-state index contributed by atoms with van der Waals surface area (Å²) in [6.07, 6.45) is 6.12. The van der Waals surface area contributed by atoms with E-state index in [1.807, 2.05) is 30.3 Å². The number of nitrogens with one attached hydrogen (secondary N) is 1. The van der Waals surface area contributed by atoms with Crippen LogP contribution in [-0.2, 0) is 11.2 Å². The maximum atomic E-state index is 12.4. The smallest absolute Gasteiger partial charge is 0.257 e. The zero-order chi connectivity index (χ0) is 16.8. The lowest BCUT2D eigenvalue weighted by Crippen LogP contribution is -2.37. The third kappa shape index (κ3) is 4.47. The van der Waals surface area contributed by atoms with Crippen LogP contribution in [-0.4, -0.2) is 35.8 Å². The summed E-state index contributed by atoms with van der Waals surface area (Å²) in [4.78, 5) is 26.2. The van der Waals surface area contributed by atoms with Crippen LogP contribution in [0.4, 0.5) is 0 Å². The standard InChI is InChI=1S/C19H22N2O3/c22-18(20-11-8-15-4-2-1-3-5-15)9-12-21(17-6-7-17)19(23)16-10-13-24-14-16/h1-5,10,13-14,17H,6-9,11-12H2,(H,20,22). The van der Waals surface area contributed by atoms with Crippen LogP contribution in [0.25, 0.3) is 0 Å². The number of hydrogen-bond acceptors (Lipinski definition) is 3. The van der Waals surface area contributed by atoms with Crippen molar-refractivity contribution >= 4 is 11.8 Å². The van der Waals surface area contributed by atoms with Crippen LogP contribution in [0, 0.1) is 0 Å². The number of carbonyl (C=O) groups is 2. The average Bonchev–Trinajstić information content (AvgIpc) is 3.28. The van der Waals surface area contributed by atoms with Gasteiger partial charge in [-0.3, -0.25) is 9.59 Å². The van der Waals surface area contributed by atoms with E-state index >= 15 is 0 Å². The normalized spacial score (nSPS) is 13.5. The molecule has 1 saturated carbocycles. The van der Waals surface area contributed by atoms with Crippen molar-refractivity contribution in [2.75, 3.05) is 13.1 Å². The van der Waals surface area contributed by atoms with Gasteiger partial charge < -0.3 is 14.6 Å². The molecule has 1 aromatic carbocycles. The molecule has 1 aromatic heterocycles. The molecule has 0 saturated heterocycles. The molecule has 2 aromatic rings. The first-order valence-corrected chi connectivity index (χ1v) is 8.38.